The summed E-state index contributed by atoms with van der Waals surface area (Å²) < 4.78 is 0. The van der Waals surface area contributed by atoms with Crippen LogP contribution in [0.2, 0.25) is 0 Å². The van der Waals surface area contributed by atoms with E-state index in [1.807, 2.05) is 31.2 Å². The van der Waals surface area contributed by atoms with Crippen LogP contribution in [0.25, 0.3) is 11.4 Å². The lowest BCUT2D eigenvalue weighted by molar-refractivity contribution is -0.140. The van der Waals surface area contributed by atoms with Crippen molar-refractivity contribution >= 4 is 17.8 Å². The molecule has 1 aliphatic heterocycles. The van der Waals surface area contributed by atoms with Gasteiger partial charge in [0.15, 0.2) is 0 Å². The Morgan fingerprint density at radius 3 is 2.62 bits per heavy atom. The van der Waals surface area contributed by atoms with Gasteiger partial charge < -0.3 is 5.32 Å². The fourth-order valence-corrected chi connectivity index (χ4v) is 3.73. The van der Waals surface area contributed by atoms with Gasteiger partial charge in [0.25, 0.3) is 11.8 Å². The van der Waals surface area contributed by atoms with Crippen molar-refractivity contribution in [3.8, 4) is 11.4 Å². The number of rotatable bonds is 4. The van der Waals surface area contributed by atoms with E-state index in [4.69, 9.17) is 0 Å². The maximum Gasteiger partial charge on any atom is 0.344 e. The van der Waals surface area contributed by atoms with Crippen molar-refractivity contribution in [3.05, 3.63) is 29.8 Å². The van der Waals surface area contributed by atoms with Crippen molar-refractivity contribution in [3.63, 3.8) is 0 Å². The lowest BCUT2D eigenvalue weighted by Crippen LogP contribution is -2.52. The molecule has 0 unspecified atom stereocenters. The van der Waals surface area contributed by atoms with E-state index in [-0.39, 0.29) is 6.54 Å². The summed E-state index contributed by atoms with van der Waals surface area (Å²) in [6, 6.07) is 7.00. The number of amides is 4. The third-order valence-electron chi connectivity index (χ3n) is 5.57. The Morgan fingerprint density at radius 1 is 1.24 bits per heavy atom. The Hall–Kier alpha value is -3.30. The normalized spacial score (nSPS) is 24.1. The molecule has 10 heteroatoms. The van der Waals surface area contributed by atoms with Crippen LogP contribution in [0.4, 0.5) is 4.79 Å². The van der Waals surface area contributed by atoms with E-state index in [9.17, 15) is 14.4 Å². The number of aromatic nitrogens is 4. The summed E-state index contributed by atoms with van der Waals surface area (Å²) in [5.74, 6) is -0.0737. The first-order valence-electron chi connectivity index (χ1n) is 9.67. The van der Waals surface area contributed by atoms with Gasteiger partial charge in [0, 0.05) is 5.56 Å². The van der Waals surface area contributed by atoms with E-state index < -0.39 is 23.4 Å². The van der Waals surface area contributed by atoms with Gasteiger partial charge in [-0.05, 0) is 43.7 Å². The van der Waals surface area contributed by atoms with E-state index in [1.165, 1.54) is 0 Å². The number of imide groups is 1. The van der Waals surface area contributed by atoms with Gasteiger partial charge in [-0.15, -0.1) is 10.2 Å². The molecule has 4 amide bonds. The molecule has 0 bridgehead atoms. The highest BCUT2D eigenvalue weighted by atomic mass is 16.2. The molecule has 1 saturated carbocycles. The lowest BCUT2D eigenvalue weighted by atomic mass is 9.77. The highest BCUT2D eigenvalue weighted by Gasteiger charge is 2.52. The molecular formula is C19H23N7O3. The second-order valence-corrected chi connectivity index (χ2v) is 7.88. The fourth-order valence-electron chi connectivity index (χ4n) is 3.73. The van der Waals surface area contributed by atoms with Gasteiger partial charge in [0.2, 0.25) is 5.82 Å². The van der Waals surface area contributed by atoms with Gasteiger partial charge >= 0.3 is 6.03 Å². The number of hydrogen-bond acceptors (Lipinski definition) is 6. The van der Waals surface area contributed by atoms with Crippen molar-refractivity contribution in [1.82, 2.24) is 36.0 Å². The van der Waals surface area contributed by atoms with Crippen LogP contribution in [0.1, 0.15) is 38.2 Å². The molecule has 152 valence electrons. The molecule has 0 atom stereocenters. The Morgan fingerprint density at radius 2 is 1.93 bits per heavy atom. The maximum absolute atomic E-state index is 12.8. The number of urea groups is 1. The molecule has 4 rings (SSSR count). The number of carbonyl (C=O) groups is 3. The molecule has 0 radical (unpaired) electrons. The zero-order valence-corrected chi connectivity index (χ0v) is 16.4. The average Bonchev–Trinajstić information content (AvgIpc) is 3.24. The monoisotopic (exact) mass is 397 g/mol. The van der Waals surface area contributed by atoms with Crippen LogP contribution < -0.4 is 10.7 Å². The molecule has 2 aromatic rings. The predicted molar refractivity (Wildman–Crippen MR) is 102 cm³/mol. The topological polar surface area (TPSA) is 122 Å². The number of benzene rings is 1. The van der Waals surface area contributed by atoms with Crippen LogP contribution in [0.5, 0.6) is 0 Å². The molecule has 10 nitrogen and oxygen atoms in total. The summed E-state index contributed by atoms with van der Waals surface area (Å²) in [6.45, 7) is 3.84. The van der Waals surface area contributed by atoms with E-state index in [0.29, 0.717) is 24.6 Å². The Labute approximate surface area is 167 Å². The summed E-state index contributed by atoms with van der Waals surface area (Å²) in [7, 11) is 0. The van der Waals surface area contributed by atoms with Crippen LogP contribution in [0.15, 0.2) is 24.3 Å². The van der Waals surface area contributed by atoms with E-state index in [0.717, 1.165) is 33.8 Å². The summed E-state index contributed by atoms with van der Waals surface area (Å²) >= 11 is 0. The van der Waals surface area contributed by atoms with Crippen molar-refractivity contribution in [2.24, 2.45) is 5.92 Å². The van der Waals surface area contributed by atoms with Crippen molar-refractivity contribution in [1.29, 1.82) is 0 Å². The highest BCUT2D eigenvalue weighted by molar-refractivity contribution is 6.07. The van der Waals surface area contributed by atoms with Crippen LogP contribution in [-0.2, 0) is 16.1 Å². The fraction of sp³-hybridized carbons (Fsp3) is 0.474. The first-order valence-corrected chi connectivity index (χ1v) is 9.67. The van der Waals surface area contributed by atoms with Gasteiger partial charge in [-0.3, -0.25) is 15.0 Å². The lowest BCUT2D eigenvalue weighted by Gasteiger charge is -2.33. The molecule has 1 aromatic carbocycles. The standard InChI is InChI=1S/C19H23N7O3/c1-12-3-5-14(6-4-12)16-21-24-25(23-16)11-15(27)22-26-17(28)19(20-18(26)29)9-7-13(2)8-10-19/h3-6,13H,7-11H2,1-2H3,(H,20,29)(H,22,27). The molecule has 1 saturated heterocycles. The molecule has 1 aliphatic carbocycles. The van der Waals surface area contributed by atoms with E-state index in [2.05, 4.69) is 33.1 Å². The van der Waals surface area contributed by atoms with Gasteiger partial charge in [0.1, 0.15) is 12.1 Å². The van der Waals surface area contributed by atoms with Crippen LogP contribution >= 0.6 is 0 Å². The molecule has 1 spiro atoms. The van der Waals surface area contributed by atoms with E-state index >= 15 is 0 Å². The maximum atomic E-state index is 12.8. The molecule has 29 heavy (non-hydrogen) atoms. The molecule has 2 fully saturated rings. The first kappa shape index (κ1) is 19.0. The Bertz CT molecular complexity index is 945. The minimum absolute atomic E-state index is 0.264. The van der Waals surface area contributed by atoms with E-state index in [1.54, 1.807) is 0 Å². The number of aryl methyl sites for hydroxylation is 1. The van der Waals surface area contributed by atoms with Gasteiger partial charge in [-0.1, -0.05) is 36.8 Å². The zero-order valence-electron chi connectivity index (χ0n) is 16.4. The van der Waals surface area contributed by atoms with Gasteiger partial charge in [-0.2, -0.15) is 9.81 Å². The van der Waals surface area contributed by atoms with Crippen LogP contribution in [0.3, 0.4) is 0 Å². The summed E-state index contributed by atoms with van der Waals surface area (Å²) in [5.41, 5.74) is 3.36. The molecule has 2 aliphatic rings. The van der Waals surface area contributed by atoms with Crippen LogP contribution in [-0.4, -0.2) is 48.6 Å². The minimum atomic E-state index is -0.902. The number of tetrazole rings is 1. The smallest absolute Gasteiger partial charge is 0.322 e. The van der Waals surface area contributed by atoms with Crippen molar-refractivity contribution in [2.45, 2.75) is 51.6 Å². The van der Waals surface area contributed by atoms with Gasteiger partial charge in [-0.25, -0.2) is 4.79 Å². The molecule has 2 N–H and O–H groups in total. The Balaban J connectivity index is 1.39. The van der Waals surface area contributed by atoms with Crippen LogP contribution in [0, 0.1) is 12.8 Å². The SMILES string of the molecule is Cc1ccc(-c2nnn(CC(=O)NN3C(=O)NC4(CCC(C)CC4)C3=O)n2)cc1. The number of nitrogens with zero attached hydrogens (tertiary/aromatic N) is 5. The third-order valence-corrected chi connectivity index (χ3v) is 5.57. The number of carbonyl (C=O) groups excluding carboxylic acids is 3. The predicted octanol–water partition coefficient (Wildman–Crippen LogP) is 1.18. The first-order chi connectivity index (χ1) is 13.9. The third kappa shape index (κ3) is 3.69. The average molecular weight is 397 g/mol. The summed E-state index contributed by atoms with van der Waals surface area (Å²) in [5, 5.41) is 15.5. The molecule has 1 aromatic heterocycles. The summed E-state index contributed by atoms with van der Waals surface area (Å²) in [6.07, 6.45) is 2.88. The largest absolute Gasteiger partial charge is 0.344 e. The molecular weight excluding hydrogens is 374 g/mol. The minimum Gasteiger partial charge on any atom is -0.322 e. The Kier molecular flexibility index (Phi) is 4.77. The van der Waals surface area contributed by atoms with Crippen molar-refractivity contribution < 1.29 is 14.4 Å². The number of hydrazine groups is 1. The quantitative estimate of drug-likeness (QED) is 0.747. The molecule has 2 heterocycles. The summed E-state index contributed by atoms with van der Waals surface area (Å²) in [4.78, 5) is 38.5. The van der Waals surface area contributed by atoms with Gasteiger partial charge in [0.05, 0.1) is 0 Å². The zero-order chi connectivity index (χ0) is 20.6. The number of hydrogen-bond donors (Lipinski definition) is 2. The van der Waals surface area contributed by atoms with Crippen molar-refractivity contribution in [2.75, 3.05) is 0 Å². The highest BCUT2D eigenvalue weighted by Crippen LogP contribution is 2.35. The second-order valence-electron chi connectivity index (χ2n) is 7.88. The number of nitrogens with one attached hydrogen (secondary N) is 2. The second kappa shape index (κ2) is 7.26.